The Bertz CT molecular complexity index is 601. The van der Waals surface area contributed by atoms with Gasteiger partial charge in [-0.05, 0) is 59.8 Å². The molecule has 0 N–H and O–H groups in total. The van der Waals surface area contributed by atoms with E-state index in [4.69, 9.17) is 0 Å². The van der Waals surface area contributed by atoms with E-state index in [-0.39, 0.29) is 11.2 Å². The lowest BCUT2D eigenvalue weighted by Gasteiger charge is -2.25. The number of hydrogen-bond donors (Lipinski definition) is 0. The van der Waals surface area contributed by atoms with E-state index in [1.54, 1.807) is 12.1 Å². The molecule has 0 fully saturated rings. The number of thioether (sulfide) groups is 1. The Morgan fingerprint density at radius 2 is 1.65 bits per heavy atom. The Morgan fingerprint density at radius 1 is 0.957 bits per heavy atom. The van der Waals surface area contributed by atoms with Crippen LogP contribution in [0.2, 0.25) is 0 Å². The maximum atomic E-state index is 13.9. The average Bonchev–Trinajstić information content (AvgIpc) is 2.55. The maximum absolute atomic E-state index is 13.9. The van der Waals surface area contributed by atoms with Crippen molar-refractivity contribution in [2.45, 2.75) is 56.8 Å². The van der Waals surface area contributed by atoms with Crippen LogP contribution >= 0.6 is 11.8 Å². The highest BCUT2D eigenvalue weighted by Gasteiger charge is 2.22. The molecule has 2 aromatic carbocycles. The Morgan fingerprint density at radius 3 is 2.30 bits per heavy atom. The Kier molecular flexibility index (Phi) is 6.71. The fraction of sp³-hybridized carbons (Fsp3) is 0.429. The first-order chi connectivity index (χ1) is 11.0. The summed E-state index contributed by atoms with van der Waals surface area (Å²) in [6.07, 6.45) is 4.40. The van der Waals surface area contributed by atoms with E-state index in [0.29, 0.717) is 0 Å². The summed E-state index contributed by atoms with van der Waals surface area (Å²) in [5, 5.41) is 0. The molecule has 0 heterocycles. The van der Waals surface area contributed by atoms with Crippen LogP contribution in [-0.2, 0) is 11.8 Å². The fourth-order valence-electron chi connectivity index (χ4n) is 2.83. The monoisotopic (exact) mass is 330 g/mol. The predicted molar refractivity (Wildman–Crippen MR) is 99.8 cm³/mol. The van der Waals surface area contributed by atoms with E-state index < -0.39 is 0 Å². The van der Waals surface area contributed by atoms with Gasteiger partial charge in [-0.15, -0.1) is 11.8 Å². The number of halogens is 1. The number of unbranched alkanes of at least 4 members (excludes halogenated alkanes) is 1. The molecule has 0 saturated heterocycles. The molecular weight excluding hydrogens is 303 g/mol. The lowest BCUT2D eigenvalue weighted by atomic mass is 9.80. The number of benzene rings is 2. The van der Waals surface area contributed by atoms with Crippen molar-refractivity contribution in [2.24, 2.45) is 0 Å². The number of hydrogen-bond acceptors (Lipinski definition) is 1. The quantitative estimate of drug-likeness (QED) is 0.387. The summed E-state index contributed by atoms with van der Waals surface area (Å²) in [4.78, 5) is 1.34. The Labute approximate surface area is 144 Å². The smallest absolute Gasteiger partial charge is 0.126 e. The van der Waals surface area contributed by atoms with Crippen LogP contribution in [0.25, 0.3) is 0 Å². The molecule has 0 aliphatic heterocycles. The van der Waals surface area contributed by atoms with Gasteiger partial charge in [0.25, 0.3) is 0 Å². The van der Waals surface area contributed by atoms with Crippen molar-refractivity contribution in [1.82, 2.24) is 0 Å². The zero-order valence-electron chi connectivity index (χ0n) is 14.4. The molecule has 0 aliphatic carbocycles. The molecule has 124 valence electrons. The minimum Gasteiger partial charge on any atom is -0.207 e. The van der Waals surface area contributed by atoms with Crippen LogP contribution in [-0.4, -0.2) is 5.75 Å². The highest BCUT2D eigenvalue weighted by molar-refractivity contribution is 7.99. The third-order valence-electron chi connectivity index (χ3n) is 4.40. The molecule has 0 bridgehead atoms. The van der Waals surface area contributed by atoms with Crippen molar-refractivity contribution in [2.75, 3.05) is 5.75 Å². The summed E-state index contributed by atoms with van der Waals surface area (Å²) in [5.74, 6) is 1.04. The molecule has 2 aromatic rings. The number of aryl methyl sites for hydroxylation is 1. The van der Waals surface area contributed by atoms with Gasteiger partial charge >= 0.3 is 0 Å². The van der Waals surface area contributed by atoms with Crippen LogP contribution in [0.3, 0.4) is 0 Å². The topological polar surface area (TPSA) is 0 Å². The van der Waals surface area contributed by atoms with Gasteiger partial charge < -0.3 is 0 Å². The Balaban J connectivity index is 1.75. The zero-order chi connectivity index (χ0) is 16.7. The van der Waals surface area contributed by atoms with Crippen molar-refractivity contribution in [3.63, 3.8) is 0 Å². The summed E-state index contributed by atoms with van der Waals surface area (Å²) in [6, 6.07) is 16.0. The van der Waals surface area contributed by atoms with Crippen molar-refractivity contribution >= 4 is 11.8 Å². The van der Waals surface area contributed by atoms with Crippen molar-refractivity contribution in [3.05, 3.63) is 65.5 Å². The highest BCUT2D eigenvalue weighted by atomic mass is 32.2. The van der Waals surface area contributed by atoms with E-state index in [1.807, 2.05) is 23.9 Å². The minimum absolute atomic E-state index is 0.0807. The van der Waals surface area contributed by atoms with Crippen molar-refractivity contribution in [3.8, 4) is 0 Å². The SMILES string of the molecule is CCc1ccc(SCCCCC(C)(C)c2ccccc2F)cc1. The van der Waals surface area contributed by atoms with Gasteiger partial charge in [0.15, 0.2) is 0 Å². The molecule has 0 saturated carbocycles. The molecule has 0 nitrogen and oxygen atoms in total. The van der Waals surface area contributed by atoms with Gasteiger partial charge in [0.05, 0.1) is 0 Å². The van der Waals surface area contributed by atoms with Gasteiger partial charge in [-0.1, -0.05) is 57.5 Å². The first kappa shape index (κ1) is 18.1. The second kappa shape index (κ2) is 8.54. The molecule has 2 heteroatoms. The summed E-state index contributed by atoms with van der Waals surface area (Å²) >= 11 is 1.92. The zero-order valence-corrected chi connectivity index (χ0v) is 15.3. The van der Waals surface area contributed by atoms with Crippen LogP contribution in [0.15, 0.2) is 53.4 Å². The molecular formula is C21H27FS. The van der Waals surface area contributed by atoms with Gasteiger partial charge in [0.1, 0.15) is 5.82 Å². The van der Waals surface area contributed by atoms with Gasteiger partial charge in [-0.25, -0.2) is 4.39 Å². The average molecular weight is 331 g/mol. The molecule has 0 spiro atoms. The van der Waals surface area contributed by atoms with E-state index in [0.717, 1.165) is 37.0 Å². The second-order valence-electron chi connectivity index (χ2n) is 6.67. The molecule has 0 aliphatic rings. The predicted octanol–water partition coefficient (Wildman–Crippen LogP) is 6.63. The molecule has 0 atom stereocenters. The third kappa shape index (κ3) is 5.39. The largest absolute Gasteiger partial charge is 0.207 e. The molecule has 23 heavy (non-hydrogen) atoms. The summed E-state index contributed by atoms with van der Waals surface area (Å²) in [6.45, 7) is 6.46. The van der Waals surface area contributed by atoms with Gasteiger partial charge in [0.2, 0.25) is 0 Å². The second-order valence-corrected chi connectivity index (χ2v) is 7.84. The summed E-state index contributed by atoms with van der Waals surface area (Å²) < 4.78 is 13.9. The van der Waals surface area contributed by atoms with Crippen LogP contribution in [0, 0.1) is 5.82 Å². The fourth-order valence-corrected chi connectivity index (χ4v) is 3.74. The van der Waals surface area contributed by atoms with Crippen molar-refractivity contribution in [1.29, 1.82) is 0 Å². The van der Waals surface area contributed by atoms with E-state index in [9.17, 15) is 4.39 Å². The van der Waals surface area contributed by atoms with Crippen LogP contribution in [0.1, 0.15) is 51.2 Å². The van der Waals surface area contributed by atoms with Crippen LogP contribution < -0.4 is 0 Å². The lowest BCUT2D eigenvalue weighted by Crippen LogP contribution is -2.18. The minimum atomic E-state index is -0.0984. The van der Waals surface area contributed by atoms with Gasteiger partial charge in [-0.2, -0.15) is 0 Å². The highest BCUT2D eigenvalue weighted by Crippen LogP contribution is 2.31. The Hall–Kier alpha value is -1.28. The lowest BCUT2D eigenvalue weighted by molar-refractivity contribution is 0.434. The standard InChI is InChI=1S/C21H27FS/c1-4-17-11-13-18(14-12-17)23-16-8-7-15-21(2,3)19-9-5-6-10-20(19)22/h5-6,9-14H,4,7-8,15-16H2,1-3H3. The van der Waals surface area contributed by atoms with Gasteiger partial charge in [-0.3, -0.25) is 0 Å². The van der Waals surface area contributed by atoms with E-state index in [1.165, 1.54) is 10.5 Å². The first-order valence-electron chi connectivity index (χ1n) is 8.49. The van der Waals surface area contributed by atoms with Gasteiger partial charge in [0, 0.05) is 4.90 Å². The first-order valence-corrected chi connectivity index (χ1v) is 9.48. The van der Waals surface area contributed by atoms with Crippen LogP contribution in [0.5, 0.6) is 0 Å². The number of rotatable bonds is 8. The third-order valence-corrected chi connectivity index (χ3v) is 5.50. The van der Waals surface area contributed by atoms with E-state index in [2.05, 4.69) is 45.0 Å². The molecule has 0 radical (unpaired) electrons. The normalized spacial score (nSPS) is 11.7. The molecule has 0 aromatic heterocycles. The molecule has 2 rings (SSSR count). The summed E-state index contributed by atoms with van der Waals surface area (Å²) in [5.41, 5.74) is 2.13. The van der Waals surface area contributed by atoms with E-state index >= 15 is 0 Å². The van der Waals surface area contributed by atoms with Crippen molar-refractivity contribution < 1.29 is 4.39 Å². The summed E-state index contributed by atoms with van der Waals surface area (Å²) in [7, 11) is 0. The maximum Gasteiger partial charge on any atom is 0.126 e. The molecule has 0 unspecified atom stereocenters. The van der Waals surface area contributed by atoms with Crippen LogP contribution in [0.4, 0.5) is 4.39 Å². The molecule has 0 amide bonds.